The van der Waals surface area contributed by atoms with Crippen molar-refractivity contribution in [3.05, 3.63) is 52.2 Å². The molecule has 0 spiro atoms. The molecular formula is C16H16O2S. The van der Waals surface area contributed by atoms with Crippen LogP contribution in [-0.4, -0.2) is 12.4 Å². The van der Waals surface area contributed by atoms with Crippen molar-refractivity contribution in [3.8, 4) is 5.75 Å². The molecule has 1 aromatic carbocycles. The first-order chi connectivity index (χ1) is 9.33. The van der Waals surface area contributed by atoms with E-state index in [4.69, 9.17) is 4.74 Å². The van der Waals surface area contributed by atoms with Gasteiger partial charge < -0.3 is 4.74 Å². The van der Waals surface area contributed by atoms with Crippen molar-refractivity contribution in [1.29, 1.82) is 0 Å². The van der Waals surface area contributed by atoms with Crippen LogP contribution >= 0.6 is 11.3 Å². The van der Waals surface area contributed by atoms with Crippen LogP contribution in [0.3, 0.4) is 0 Å². The van der Waals surface area contributed by atoms with E-state index in [0.29, 0.717) is 18.8 Å². The molecule has 1 aliphatic heterocycles. The van der Waals surface area contributed by atoms with E-state index in [-0.39, 0.29) is 5.92 Å². The molecule has 0 bridgehead atoms. The molecule has 2 aromatic rings. The average molecular weight is 272 g/mol. The van der Waals surface area contributed by atoms with Gasteiger partial charge in [-0.25, -0.2) is 0 Å². The summed E-state index contributed by atoms with van der Waals surface area (Å²) < 4.78 is 5.68. The summed E-state index contributed by atoms with van der Waals surface area (Å²) >= 11 is 1.68. The number of carbonyl (C=O) groups excluding carboxylic acids is 1. The Hall–Kier alpha value is -1.61. The summed E-state index contributed by atoms with van der Waals surface area (Å²) in [6, 6.07) is 10.1. The standard InChI is InChI=1S/C16H16O2S/c17-15(6-5-12-7-8-19-11-12)14-9-13-3-1-2-4-16(13)18-10-14/h1-4,7-8,11,14H,5-6,9-10H2. The average Bonchev–Trinajstić information content (AvgIpc) is 2.97. The fraction of sp³-hybridized carbons (Fsp3) is 0.312. The molecular weight excluding hydrogens is 256 g/mol. The minimum Gasteiger partial charge on any atom is -0.493 e. The first-order valence-corrected chi connectivity index (χ1v) is 7.52. The Morgan fingerprint density at radius 1 is 1.32 bits per heavy atom. The van der Waals surface area contributed by atoms with Crippen molar-refractivity contribution in [1.82, 2.24) is 0 Å². The Morgan fingerprint density at radius 2 is 2.21 bits per heavy atom. The first kappa shape index (κ1) is 12.4. The third-order valence-electron chi connectivity index (χ3n) is 3.57. The van der Waals surface area contributed by atoms with E-state index in [1.54, 1.807) is 11.3 Å². The molecule has 2 heterocycles. The minimum atomic E-state index is 0.0218. The SMILES string of the molecule is O=C(CCc1ccsc1)C1COc2ccccc2C1. The minimum absolute atomic E-state index is 0.0218. The second kappa shape index (κ2) is 5.57. The quantitative estimate of drug-likeness (QED) is 0.851. The Kier molecular flexibility index (Phi) is 3.65. The van der Waals surface area contributed by atoms with Gasteiger partial charge in [-0.1, -0.05) is 18.2 Å². The highest BCUT2D eigenvalue weighted by atomic mass is 32.1. The second-order valence-electron chi connectivity index (χ2n) is 4.92. The predicted octanol–water partition coefficient (Wildman–Crippen LogP) is 3.50. The number of aryl methyl sites for hydroxylation is 1. The molecule has 98 valence electrons. The molecule has 0 saturated carbocycles. The summed E-state index contributed by atoms with van der Waals surface area (Å²) in [5.41, 5.74) is 2.41. The van der Waals surface area contributed by atoms with Crippen LogP contribution in [0.2, 0.25) is 0 Å². The molecule has 1 atom stereocenters. The molecule has 0 saturated heterocycles. The van der Waals surface area contributed by atoms with Gasteiger partial charge in [-0.05, 0) is 46.9 Å². The fourth-order valence-corrected chi connectivity index (χ4v) is 3.14. The summed E-state index contributed by atoms with van der Waals surface area (Å²) in [5.74, 6) is 1.28. The number of fused-ring (bicyclic) bond motifs is 1. The highest BCUT2D eigenvalue weighted by Gasteiger charge is 2.25. The molecule has 3 heteroatoms. The number of carbonyl (C=O) groups is 1. The number of ether oxygens (including phenoxy) is 1. The molecule has 0 fully saturated rings. The Morgan fingerprint density at radius 3 is 3.05 bits per heavy atom. The van der Waals surface area contributed by atoms with E-state index in [9.17, 15) is 4.79 Å². The van der Waals surface area contributed by atoms with Gasteiger partial charge in [-0.2, -0.15) is 11.3 Å². The van der Waals surface area contributed by atoms with Gasteiger partial charge in [0.2, 0.25) is 0 Å². The van der Waals surface area contributed by atoms with E-state index in [0.717, 1.165) is 24.2 Å². The van der Waals surface area contributed by atoms with Crippen LogP contribution < -0.4 is 4.74 Å². The Balaban J connectivity index is 1.60. The Bertz CT molecular complexity index is 560. The van der Waals surface area contributed by atoms with Gasteiger partial charge in [-0.15, -0.1) is 0 Å². The number of hydrogen-bond donors (Lipinski definition) is 0. The second-order valence-corrected chi connectivity index (χ2v) is 5.70. The number of benzene rings is 1. The number of thiophene rings is 1. The van der Waals surface area contributed by atoms with Gasteiger partial charge in [0.25, 0.3) is 0 Å². The molecule has 0 radical (unpaired) electrons. The topological polar surface area (TPSA) is 26.3 Å². The summed E-state index contributed by atoms with van der Waals surface area (Å²) in [5, 5.41) is 4.17. The van der Waals surface area contributed by atoms with Crippen molar-refractivity contribution < 1.29 is 9.53 Å². The van der Waals surface area contributed by atoms with Gasteiger partial charge in [0.1, 0.15) is 11.5 Å². The maximum Gasteiger partial charge on any atom is 0.140 e. The summed E-state index contributed by atoms with van der Waals surface area (Å²) in [6.45, 7) is 0.527. The smallest absolute Gasteiger partial charge is 0.140 e. The normalized spacial score (nSPS) is 17.6. The lowest BCUT2D eigenvalue weighted by molar-refractivity contribution is -0.124. The van der Waals surface area contributed by atoms with Gasteiger partial charge in [0, 0.05) is 6.42 Å². The zero-order valence-corrected chi connectivity index (χ0v) is 11.5. The van der Waals surface area contributed by atoms with Crippen molar-refractivity contribution in [2.75, 3.05) is 6.61 Å². The summed E-state index contributed by atoms with van der Waals surface area (Å²) in [4.78, 5) is 12.2. The molecule has 0 N–H and O–H groups in total. The molecule has 1 unspecified atom stereocenters. The van der Waals surface area contributed by atoms with Crippen molar-refractivity contribution in [2.24, 2.45) is 5.92 Å². The highest BCUT2D eigenvalue weighted by Crippen LogP contribution is 2.27. The van der Waals surface area contributed by atoms with E-state index in [1.807, 2.05) is 24.3 Å². The molecule has 1 aromatic heterocycles. The number of ketones is 1. The largest absolute Gasteiger partial charge is 0.493 e. The van der Waals surface area contributed by atoms with Gasteiger partial charge in [0.05, 0.1) is 12.5 Å². The van der Waals surface area contributed by atoms with E-state index in [1.165, 1.54) is 5.56 Å². The molecule has 0 aliphatic carbocycles. The van der Waals surface area contributed by atoms with Crippen LogP contribution in [0, 0.1) is 5.92 Å². The number of para-hydroxylation sites is 1. The van der Waals surface area contributed by atoms with Crippen LogP contribution in [0.25, 0.3) is 0 Å². The lowest BCUT2D eigenvalue weighted by Gasteiger charge is -2.24. The van der Waals surface area contributed by atoms with Crippen molar-refractivity contribution in [3.63, 3.8) is 0 Å². The Labute approximate surface area is 117 Å². The van der Waals surface area contributed by atoms with Gasteiger partial charge in [-0.3, -0.25) is 4.79 Å². The number of Topliss-reactive ketones (excluding diaryl/α,β-unsaturated/α-hetero) is 1. The zero-order chi connectivity index (χ0) is 13.1. The van der Waals surface area contributed by atoms with Crippen LogP contribution in [0.15, 0.2) is 41.1 Å². The number of hydrogen-bond acceptors (Lipinski definition) is 3. The zero-order valence-electron chi connectivity index (χ0n) is 10.7. The maximum atomic E-state index is 12.2. The monoisotopic (exact) mass is 272 g/mol. The third kappa shape index (κ3) is 2.87. The van der Waals surface area contributed by atoms with Gasteiger partial charge >= 0.3 is 0 Å². The fourth-order valence-electron chi connectivity index (χ4n) is 2.44. The molecule has 19 heavy (non-hydrogen) atoms. The van der Waals surface area contributed by atoms with Gasteiger partial charge in [0.15, 0.2) is 0 Å². The van der Waals surface area contributed by atoms with Crippen LogP contribution in [0.5, 0.6) is 5.75 Å². The molecule has 3 rings (SSSR count). The van der Waals surface area contributed by atoms with Crippen LogP contribution in [0.4, 0.5) is 0 Å². The van der Waals surface area contributed by atoms with Crippen LogP contribution in [-0.2, 0) is 17.6 Å². The summed E-state index contributed by atoms with van der Waals surface area (Å²) in [7, 11) is 0. The first-order valence-electron chi connectivity index (χ1n) is 6.57. The van der Waals surface area contributed by atoms with Crippen molar-refractivity contribution >= 4 is 17.1 Å². The highest BCUT2D eigenvalue weighted by molar-refractivity contribution is 7.07. The lowest BCUT2D eigenvalue weighted by Crippen LogP contribution is -2.28. The number of rotatable bonds is 4. The third-order valence-corrected chi connectivity index (χ3v) is 4.31. The maximum absolute atomic E-state index is 12.2. The molecule has 2 nitrogen and oxygen atoms in total. The van der Waals surface area contributed by atoms with E-state index in [2.05, 4.69) is 16.8 Å². The van der Waals surface area contributed by atoms with Crippen molar-refractivity contribution in [2.45, 2.75) is 19.3 Å². The predicted molar refractivity (Wildman–Crippen MR) is 76.8 cm³/mol. The van der Waals surface area contributed by atoms with Crippen LogP contribution in [0.1, 0.15) is 17.5 Å². The lowest BCUT2D eigenvalue weighted by atomic mass is 9.91. The summed E-state index contributed by atoms with van der Waals surface area (Å²) in [6.07, 6.45) is 2.28. The van der Waals surface area contributed by atoms with E-state index < -0.39 is 0 Å². The molecule has 0 amide bonds. The molecule has 1 aliphatic rings. The van der Waals surface area contributed by atoms with E-state index >= 15 is 0 Å².